The highest BCUT2D eigenvalue weighted by molar-refractivity contribution is 8.01. The highest BCUT2D eigenvalue weighted by Crippen LogP contribution is 2.42. The van der Waals surface area contributed by atoms with Gasteiger partial charge in [-0.2, -0.15) is 0 Å². The lowest BCUT2D eigenvalue weighted by atomic mass is 9.89. The molecule has 4 rings (SSSR count). The number of hydrogen-bond donors (Lipinski definition) is 1. The van der Waals surface area contributed by atoms with Gasteiger partial charge in [0.25, 0.3) is 0 Å². The lowest BCUT2D eigenvalue weighted by molar-refractivity contribution is 0.509. The fraction of sp³-hybridized carbons (Fsp3) is 0.429. The van der Waals surface area contributed by atoms with Crippen molar-refractivity contribution in [2.45, 2.75) is 35.6 Å². The molecule has 3 aromatic rings. The second-order valence-electron chi connectivity index (χ2n) is 5.44. The van der Waals surface area contributed by atoms with E-state index in [1.54, 1.807) is 29.4 Å². The van der Waals surface area contributed by atoms with Crippen LogP contribution in [0.25, 0.3) is 10.2 Å². The Balaban J connectivity index is 1.77. The summed E-state index contributed by atoms with van der Waals surface area (Å²) < 4.78 is 0.911. The molecule has 22 heavy (non-hydrogen) atoms. The van der Waals surface area contributed by atoms with Crippen LogP contribution >= 0.6 is 34.4 Å². The Kier molecular flexibility index (Phi) is 3.75. The fourth-order valence-electron chi connectivity index (χ4n) is 2.76. The monoisotopic (exact) mass is 349 g/mol. The van der Waals surface area contributed by atoms with E-state index in [2.05, 4.69) is 32.4 Å². The molecule has 5 nitrogen and oxygen atoms in total. The quantitative estimate of drug-likeness (QED) is 0.725. The van der Waals surface area contributed by atoms with E-state index in [1.807, 2.05) is 18.4 Å². The summed E-state index contributed by atoms with van der Waals surface area (Å²) in [5.74, 6) is 0.769. The van der Waals surface area contributed by atoms with Crippen molar-refractivity contribution >= 4 is 49.8 Å². The van der Waals surface area contributed by atoms with Crippen LogP contribution in [-0.4, -0.2) is 27.2 Å². The van der Waals surface area contributed by atoms with Crippen molar-refractivity contribution in [3.05, 3.63) is 16.8 Å². The van der Waals surface area contributed by atoms with E-state index in [-0.39, 0.29) is 0 Å². The zero-order valence-electron chi connectivity index (χ0n) is 12.3. The molecule has 0 amide bonds. The Morgan fingerprint density at radius 1 is 1.27 bits per heavy atom. The molecule has 1 atom stereocenters. The number of hydrogen-bond acceptors (Lipinski definition) is 8. The maximum atomic E-state index is 4.51. The number of fused-ring (bicyclic) bond motifs is 3. The van der Waals surface area contributed by atoms with Crippen LogP contribution in [0.3, 0.4) is 0 Å². The van der Waals surface area contributed by atoms with Gasteiger partial charge in [-0.1, -0.05) is 18.3 Å². The molecule has 3 heterocycles. The van der Waals surface area contributed by atoms with Crippen molar-refractivity contribution < 1.29 is 0 Å². The number of nitrogens with zero attached hydrogens (tertiary/aromatic N) is 4. The van der Waals surface area contributed by atoms with Gasteiger partial charge in [-0.25, -0.2) is 9.97 Å². The zero-order chi connectivity index (χ0) is 15.1. The normalized spacial score (nSPS) is 17.6. The first-order valence-electron chi connectivity index (χ1n) is 7.19. The molecule has 0 spiro atoms. The molecule has 114 valence electrons. The topological polar surface area (TPSA) is 63.6 Å². The largest absolute Gasteiger partial charge is 0.363 e. The van der Waals surface area contributed by atoms with Crippen molar-refractivity contribution in [2.24, 2.45) is 5.92 Å². The molecular weight excluding hydrogens is 334 g/mol. The lowest BCUT2D eigenvalue weighted by Gasteiger charge is -2.17. The second-order valence-corrected chi connectivity index (χ2v) is 8.73. The summed E-state index contributed by atoms with van der Waals surface area (Å²) in [6.07, 6.45) is 5.22. The number of thiophene rings is 1. The van der Waals surface area contributed by atoms with Crippen molar-refractivity contribution in [1.29, 1.82) is 0 Å². The van der Waals surface area contributed by atoms with Gasteiger partial charge in [0.15, 0.2) is 4.34 Å². The summed E-state index contributed by atoms with van der Waals surface area (Å²) in [5.41, 5.74) is 1.46. The van der Waals surface area contributed by atoms with Gasteiger partial charge in [-0.05, 0) is 42.5 Å². The molecule has 1 N–H and O–H groups in total. The summed E-state index contributed by atoms with van der Waals surface area (Å²) in [6, 6.07) is 0. The minimum Gasteiger partial charge on any atom is -0.363 e. The molecule has 8 heteroatoms. The van der Waals surface area contributed by atoms with Crippen molar-refractivity contribution in [1.82, 2.24) is 20.2 Å². The van der Waals surface area contributed by atoms with E-state index >= 15 is 0 Å². The highest BCUT2D eigenvalue weighted by Gasteiger charge is 2.23. The molecule has 0 saturated heterocycles. The van der Waals surface area contributed by atoms with Crippen LogP contribution in [-0.2, 0) is 12.8 Å². The lowest BCUT2D eigenvalue weighted by Crippen LogP contribution is -2.08. The van der Waals surface area contributed by atoms with Gasteiger partial charge < -0.3 is 5.32 Å². The third-order valence-corrected chi connectivity index (χ3v) is 7.02. The fourth-order valence-corrected chi connectivity index (χ4v) is 5.91. The first-order chi connectivity index (χ1) is 10.7. The average molecular weight is 350 g/mol. The first-order valence-corrected chi connectivity index (χ1v) is 9.64. The minimum absolute atomic E-state index is 0.769. The molecule has 0 aliphatic heterocycles. The number of aryl methyl sites for hydroxylation is 1. The maximum Gasteiger partial charge on any atom is 0.206 e. The van der Waals surface area contributed by atoms with E-state index in [4.69, 9.17) is 0 Å². The van der Waals surface area contributed by atoms with Gasteiger partial charge in [0.2, 0.25) is 5.13 Å². The molecular formula is C14H15N5S3. The van der Waals surface area contributed by atoms with Crippen LogP contribution < -0.4 is 5.32 Å². The van der Waals surface area contributed by atoms with E-state index in [1.165, 1.54) is 28.7 Å². The average Bonchev–Trinajstić information content (AvgIpc) is 3.10. The van der Waals surface area contributed by atoms with E-state index < -0.39 is 0 Å². The standard InChI is InChI=1S/C14H15N5S3/c1-7-3-4-8-9(5-7)20-11-10(8)12(17-6-16-11)21-14-19-18-13(15-2)22-14/h6-7H,3-5H2,1-2H3,(H,15,18). The highest BCUT2D eigenvalue weighted by atomic mass is 32.2. The molecule has 0 radical (unpaired) electrons. The molecule has 1 aliphatic rings. The molecule has 0 aromatic carbocycles. The van der Waals surface area contributed by atoms with Crippen LogP contribution in [0.1, 0.15) is 23.8 Å². The van der Waals surface area contributed by atoms with E-state index in [9.17, 15) is 0 Å². The maximum absolute atomic E-state index is 4.51. The molecule has 3 aromatic heterocycles. The zero-order valence-corrected chi connectivity index (χ0v) is 14.7. The Bertz CT molecular complexity index is 825. The number of nitrogens with one attached hydrogen (secondary N) is 1. The van der Waals surface area contributed by atoms with Crippen LogP contribution in [0.5, 0.6) is 0 Å². The Morgan fingerprint density at radius 2 is 2.18 bits per heavy atom. The third-order valence-electron chi connectivity index (χ3n) is 3.86. The number of aromatic nitrogens is 4. The number of rotatable bonds is 3. The molecule has 0 bridgehead atoms. The number of anilines is 1. The summed E-state index contributed by atoms with van der Waals surface area (Å²) in [7, 11) is 1.86. The van der Waals surface area contributed by atoms with Gasteiger partial charge in [0.05, 0.1) is 0 Å². The van der Waals surface area contributed by atoms with Crippen molar-refractivity contribution in [3.63, 3.8) is 0 Å². The third kappa shape index (κ3) is 2.49. The van der Waals surface area contributed by atoms with Gasteiger partial charge in [-0.15, -0.1) is 21.5 Å². The summed E-state index contributed by atoms with van der Waals surface area (Å²) in [6.45, 7) is 2.33. The van der Waals surface area contributed by atoms with E-state index in [0.717, 1.165) is 31.7 Å². The van der Waals surface area contributed by atoms with E-state index in [0.29, 0.717) is 0 Å². The second kappa shape index (κ2) is 5.75. The SMILES string of the molecule is CNc1nnc(Sc2ncnc3sc4c(c23)CCC(C)C4)s1. The Labute approximate surface area is 140 Å². The van der Waals surface area contributed by atoms with Gasteiger partial charge >= 0.3 is 0 Å². The molecule has 0 fully saturated rings. The van der Waals surface area contributed by atoms with Crippen LogP contribution in [0, 0.1) is 5.92 Å². The smallest absolute Gasteiger partial charge is 0.206 e. The Hall–Kier alpha value is -1.25. The predicted octanol–water partition coefficient (Wildman–Crippen LogP) is 3.86. The summed E-state index contributed by atoms with van der Waals surface area (Å²) in [5, 5.41) is 14.4. The minimum atomic E-state index is 0.769. The summed E-state index contributed by atoms with van der Waals surface area (Å²) in [4.78, 5) is 11.6. The van der Waals surface area contributed by atoms with Gasteiger partial charge in [0, 0.05) is 17.3 Å². The predicted molar refractivity (Wildman–Crippen MR) is 92.2 cm³/mol. The van der Waals surface area contributed by atoms with Gasteiger partial charge in [-0.3, -0.25) is 0 Å². The molecule has 0 saturated carbocycles. The Morgan fingerprint density at radius 3 is 3.00 bits per heavy atom. The first kappa shape index (κ1) is 14.3. The summed E-state index contributed by atoms with van der Waals surface area (Å²) >= 11 is 4.97. The molecule has 1 unspecified atom stereocenters. The van der Waals surface area contributed by atoms with Crippen molar-refractivity contribution in [3.8, 4) is 0 Å². The van der Waals surface area contributed by atoms with Crippen molar-refractivity contribution in [2.75, 3.05) is 12.4 Å². The molecule has 1 aliphatic carbocycles. The van der Waals surface area contributed by atoms with Crippen LogP contribution in [0.15, 0.2) is 15.7 Å². The van der Waals surface area contributed by atoms with Crippen LogP contribution in [0.2, 0.25) is 0 Å². The van der Waals surface area contributed by atoms with Gasteiger partial charge in [0.1, 0.15) is 16.2 Å². The van der Waals surface area contributed by atoms with Crippen LogP contribution in [0.4, 0.5) is 5.13 Å².